The molecule has 0 spiro atoms. The zero-order chi connectivity index (χ0) is 24.6. The van der Waals surface area contributed by atoms with Crippen molar-refractivity contribution < 1.29 is 47.7 Å². The number of ether oxygens (including phenoxy) is 9. The molecule has 0 radical (unpaired) electrons. The summed E-state index contributed by atoms with van der Waals surface area (Å²) < 4.78 is 51.7. The van der Waals surface area contributed by atoms with E-state index in [1.165, 1.54) is 14.2 Å². The lowest BCUT2D eigenvalue weighted by atomic mass is 9.85. The predicted molar refractivity (Wildman–Crippen MR) is 122 cm³/mol. The third kappa shape index (κ3) is 4.10. The Labute approximate surface area is 203 Å². The van der Waals surface area contributed by atoms with Gasteiger partial charge in [0, 0.05) is 18.7 Å². The zero-order valence-corrected chi connectivity index (χ0v) is 20.1. The van der Waals surface area contributed by atoms with Crippen LogP contribution in [0.5, 0.6) is 34.5 Å². The maximum absolute atomic E-state index is 11.7. The van der Waals surface area contributed by atoms with Gasteiger partial charge in [0.25, 0.3) is 0 Å². The molecule has 0 aliphatic carbocycles. The second-order valence-corrected chi connectivity index (χ2v) is 8.65. The van der Waals surface area contributed by atoms with E-state index in [0.717, 1.165) is 5.56 Å². The third-order valence-electron chi connectivity index (χ3n) is 6.62. The topological polar surface area (TPSA) is 103 Å². The number of hydrogen-bond donors (Lipinski definition) is 1. The van der Waals surface area contributed by atoms with Gasteiger partial charge < -0.3 is 47.7 Å². The first-order chi connectivity index (χ1) is 17.0. The van der Waals surface area contributed by atoms with Crippen molar-refractivity contribution in [2.24, 2.45) is 5.92 Å². The Morgan fingerprint density at radius 3 is 2.37 bits per heavy atom. The van der Waals surface area contributed by atoms with Gasteiger partial charge in [-0.1, -0.05) is 6.07 Å². The summed E-state index contributed by atoms with van der Waals surface area (Å²) in [6.45, 7) is 1.01. The molecule has 10 heteroatoms. The van der Waals surface area contributed by atoms with Crippen LogP contribution in [0.15, 0.2) is 30.3 Å². The van der Waals surface area contributed by atoms with Gasteiger partial charge in [-0.25, -0.2) is 0 Å². The molecule has 2 fully saturated rings. The highest BCUT2D eigenvalue weighted by Crippen LogP contribution is 2.52. The van der Waals surface area contributed by atoms with Crippen molar-refractivity contribution in [3.05, 3.63) is 35.9 Å². The minimum Gasteiger partial charge on any atom is -0.496 e. The second-order valence-electron chi connectivity index (χ2n) is 8.65. The van der Waals surface area contributed by atoms with Crippen LogP contribution in [0.4, 0.5) is 0 Å². The Bertz CT molecular complexity index is 1040. The monoisotopic (exact) mass is 490 g/mol. The van der Waals surface area contributed by atoms with E-state index in [2.05, 4.69) is 0 Å². The minimum absolute atomic E-state index is 0.00829. The van der Waals surface area contributed by atoms with Crippen molar-refractivity contribution in [2.45, 2.75) is 24.1 Å². The van der Waals surface area contributed by atoms with Crippen LogP contribution in [0.3, 0.4) is 0 Å². The molecule has 35 heavy (non-hydrogen) atoms. The number of aliphatic hydroxyl groups is 1. The van der Waals surface area contributed by atoms with Crippen LogP contribution in [-0.2, 0) is 14.2 Å². The van der Waals surface area contributed by atoms with Gasteiger partial charge in [0.1, 0.15) is 12.4 Å². The van der Waals surface area contributed by atoms with E-state index in [4.69, 9.17) is 42.6 Å². The zero-order valence-electron chi connectivity index (χ0n) is 20.1. The smallest absolute Gasteiger partial charge is 0.232 e. The highest BCUT2D eigenvalue weighted by atomic mass is 16.7. The van der Waals surface area contributed by atoms with Crippen molar-refractivity contribution in [1.82, 2.24) is 0 Å². The lowest BCUT2D eigenvalue weighted by molar-refractivity contribution is -0.153. The number of methoxy groups -OCH3 is 4. The van der Waals surface area contributed by atoms with Gasteiger partial charge in [-0.05, 0) is 18.2 Å². The normalized spacial score (nSPS) is 28.9. The van der Waals surface area contributed by atoms with E-state index in [1.54, 1.807) is 38.5 Å². The fraction of sp³-hybridized carbons (Fsp3) is 0.520. The van der Waals surface area contributed by atoms with Crippen molar-refractivity contribution in [2.75, 3.05) is 54.9 Å². The first-order valence-corrected chi connectivity index (χ1v) is 11.4. The highest BCUT2D eigenvalue weighted by molar-refractivity contribution is 5.53. The third-order valence-corrected chi connectivity index (χ3v) is 6.62. The van der Waals surface area contributed by atoms with Gasteiger partial charge in [-0.2, -0.15) is 0 Å². The van der Waals surface area contributed by atoms with E-state index in [0.29, 0.717) is 47.7 Å². The highest BCUT2D eigenvalue weighted by Gasteiger charge is 2.61. The summed E-state index contributed by atoms with van der Waals surface area (Å²) in [4.78, 5) is 0. The van der Waals surface area contributed by atoms with E-state index in [9.17, 15) is 5.11 Å². The van der Waals surface area contributed by atoms with Crippen LogP contribution in [0.1, 0.15) is 11.7 Å². The van der Waals surface area contributed by atoms with Gasteiger partial charge in [0.2, 0.25) is 12.0 Å². The van der Waals surface area contributed by atoms with Crippen LogP contribution in [-0.4, -0.2) is 78.0 Å². The van der Waals surface area contributed by atoms with E-state index in [1.807, 2.05) is 6.07 Å². The first kappa shape index (κ1) is 23.8. The predicted octanol–water partition coefficient (Wildman–Crippen LogP) is 2.35. The molecule has 3 aliphatic rings. The Hall–Kier alpha value is -2.92. The van der Waals surface area contributed by atoms with Crippen LogP contribution in [0, 0.1) is 5.92 Å². The SMILES string of the molecule is COC[C@@H]1COc2cc(OC)c([C@H]3OC[C@]4(O)[C@@H](Oc5c(OC)cccc5OC)OC[C@H]34)cc2O1. The summed E-state index contributed by atoms with van der Waals surface area (Å²) >= 11 is 0. The lowest BCUT2D eigenvalue weighted by Gasteiger charge is -2.29. The summed E-state index contributed by atoms with van der Waals surface area (Å²) in [6, 6.07) is 8.90. The number of para-hydroxylation sites is 1. The molecule has 2 aromatic rings. The maximum Gasteiger partial charge on any atom is 0.232 e. The quantitative estimate of drug-likeness (QED) is 0.593. The molecule has 3 heterocycles. The first-order valence-electron chi connectivity index (χ1n) is 11.4. The van der Waals surface area contributed by atoms with Gasteiger partial charge in [-0.3, -0.25) is 0 Å². The molecular formula is C25H30O10. The second kappa shape index (κ2) is 9.62. The molecule has 5 rings (SSSR count). The number of benzene rings is 2. The van der Waals surface area contributed by atoms with Gasteiger partial charge in [0.05, 0.1) is 53.2 Å². The summed E-state index contributed by atoms with van der Waals surface area (Å²) in [6.07, 6.45) is -1.73. The molecule has 10 nitrogen and oxygen atoms in total. The molecule has 5 atom stereocenters. The summed E-state index contributed by atoms with van der Waals surface area (Å²) in [5.74, 6) is 2.59. The van der Waals surface area contributed by atoms with Crippen molar-refractivity contribution in [3.63, 3.8) is 0 Å². The average Bonchev–Trinajstić information content (AvgIpc) is 3.38. The van der Waals surface area contributed by atoms with E-state index < -0.39 is 23.9 Å². The number of hydrogen-bond acceptors (Lipinski definition) is 10. The van der Waals surface area contributed by atoms with Crippen LogP contribution in [0.2, 0.25) is 0 Å². The molecule has 1 N–H and O–H groups in total. The lowest BCUT2D eigenvalue weighted by Crippen LogP contribution is -2.47. The minimum atomic E-state index is -1.41. The Kier molecular flexibility index (Phi) is 6.54. The van der Waals surface area contributed by atoms with Crippen LogP contribution in [0.25, 0.3) is 0 Å². The molecule has 0 bridgehead atoms. The largest absolute Gasteiger partial charge is 0.496 e. The van der Waals surface area contributed by atoms with Crippen LogP contribution >= 0.6 is 0 Å². The molecule has 190 valence electrons. The molecule has 0 aromatic heterocycles. The molecular weight excluding hydrogens is 460 g/mol. The number of rotatable bonds is 8. The summed E-state index contributed by atoms with van der Waals surface area (Å²) in [5, 5.41) is 11.7. The van der Waals surface area contributed by atoms with Gasteiger partial charge in [0.15, 0.2) is 34.7 Å². The van der Waals surface area contributed by atoms with Crippen molar-refractivity contribution in [1.29, 1.82) is 0 Å². The molecule has 0 saturated carbocycles. The van der Waals surface area contributed by atoms with Crippen molar-refractivity contribution in [3.8, 4) is 34.5 Å². The summed E-state index contributed by atoms with van der Waals surface area (Å²) in [7, 11) is 6.27. The Morgan fingerprint density at radius 1 is 0.943 bits per heavy atom. The average molecular weight is 491 g/mol. The van der Waals surface area contributed by atoms with Gasteiger partial charge >= 0.3 is 0 Å². The maximum atomic E-state index is 11.7. The van der Waals surface area contributed by atoms with E-state index in [-0.39, 0.29) is 19.3 Å². The van der Waals surface area contributed by atoms with Gasteiger partial charge in [-0.15, -0.1) is 0 Å². The Morgan fingerprint density at radius 2 is 1.69 bits per heavy atom. The molecule has 2 aromatic carbocycles. The molecule has 0 unspecified atom stereocenters. The van der Waals surface area contributed by atoms with Crippen molar-refractivity contribution >= 4 is 0 Å². The molecule has 0 amide bonds. The summed E-state index contributed by atoms with van der Waals surface area (Å²) in [5.41, 5.74) is -0.680. The molecule has 2 saturated heterocycles. The fourth-order valence-electron chi connectivity index (χ4n) is 4.83. The fourth-order valence-corrected chi connectivity index (χ4v) is 4.83. The Balaban J connectivity index is 1.42. The van der Waals surface area contributed by atoms with E-state index >= 15 is 0 Å². The molecule has 3 aliphatic heterocycles. The standard InChI is InChI=1S/C25H30O10/c1-27-10-14-11-31-20-9-19(30-4)15(8-21(20)34-14)22-16-12-32-24(25(16,26)13-33-22)35-23-17(28-2)6-5-7-18(23)29-3/h5-9,14,16,22,24,26H,10-13H2,1-4H3/t14-,16-,22-,24-,25-/m1/s1. The van der Waals surface area contributed by atoms with Crippen LogP contribution < -0.4 is 28.4 Å². The number of fused-ring (bicyclic) bond motifs is 2.